The Hall–Kier alpha value is -8.52. The molecule has 12 aromatic carbocycles. The topological polar surface area (TPSA) is 3.24 Å². The molecule has 12 rings (SSSR count). The van der Waals surface area contributed by atoms with Crippen LogP contribution in [0.25, 0.3) is 98.7 Å². The molecule has 0 atom stereocenters. The lowest BCUT2D eigenvalue weighted by Gasteiger charge is -2.26. The number of benzene rings is 12. The first-order valence-electron chi connectivity index (χ1n) is 22.4. The molecule has 0 saturated carbocycles. The molecule has 0 fully saturated rings. The highest BCUT2D eigenvalue weighted by Gasteiger charge is 2.17. The summed E-state index contributed by atoms with van der Waals surface area (Å²) in [6.45, 7) is 0. The molecule has 0 heterocycles. The standard InChI is InChI=1S/C64H43N/c1-2-14-51(15-3-1)64-59-19-9-6-13-48(59)34-41-60(64)49-30-37-56(38-31-49)65(57-39-32-50(33-40-57)63-43-54-17-7-8-18-58(54)61-20-10-11-21-62(61)63)55-35-28-46(29-36-55)45-22-24-47(25-23-45)53-27-26-44-12-4-5-16-52(44)42-53/h1-43H. The van der Waals surface area contributed by atoms with Crippen LogP contribution in [0.5, 0.6) is 0 Å². The molecule has 0 radical (unpaired) electrons. The van der Waals surface area contributed by atoms with Crippen LogP contribution in [0.2, 0.25) is 0 Å². The lowest BCUT2D eigenvalue weighted by atomic mass is 9.90. The quantitative estimate of drug-likeness (QED) is 0.138. The van der Waals surface area contributed by atoms with Crippen molar-refractivity contribution in [2.24, 2.45) is 0 Å². The van der Waals surface area contributed by atoms with Gasteiger partial charge in [0.25, 0.3) is 0 Å². The maximum Gasteiger partial charge on any atom is 0.0462 e. The summed E-state index contributed by atoms with van der Waals surface area (Å²) in [6, 6.07) is 95.2. The Bertz CT molecular complexity index is 3660. The van der Waals surface area contributed by atoms with E-state index in [4.69, 9.17) is 0 Å². The molecular formula is C64H43N. The van der Waals surface area contributed by atoms with E-state index in [-0.39, 0.29) is 0 Å². The Morgan fingerprint density at radius 2 is 0.631 bits per heavy atom. The SMILES string of the molecule is c1ccc(-c2c(-c3ccc(N(c4ccc(-c5ccc(-c6ccc7ccccc7c6)cc5)cc4)c4ccc(-c5cc6ccccc6c6ccccc56)cc4)cc3)ccc3ccccc23)cc1. The Labute approximate surface area is 379 Å². The molecule has 0 amide bonds. The van der Waals surface area contributed by atoms with Crippen LogP contribution in [-0.4, -0.2) is 0 Å². The molecule has 1 heteroatoms. The fourth-order valence-corrected chi connectivity index (χ4v) is 9.78. The van der Waals surface area contributed by atoms with Gasteiger partial charge in [-0.15, -0.1) is 0 Å². The molecule has 0 aliphatic carbocycles. The van der Waals surface area contributed by atoms with Gasteiger partial charge < -0.3 is 4.90 Å². The van der Waals surface area contributed by atoms with E-state index >= 15 is 0 Å². The predicted octanol–water partition coefficient (Wildman–Crippen LogP) is 18.1. The van der Waals surface area contributed by atoms with Crippen molar-refractivity contribution in [2.45, 2.75) is 0 Å². The van der Waals surface area contributed by atoms with Gasteiger partial charge in [0.1, 0.15) is 0 Å². The van der Waals surface area contributed by atoms with Gasteiger partial charge in [0.05, 0.1) is 0 Å². The predicted molar refractivity (Wildman–Crippen MR) is 278 cm³/mol. The minimum absolute atomic E-state index is 1.09. The van der Waals surface area contributed by atoms with Crippen molar-refractivity contribution in [3.05, 3.63) is 261 Å². The van der Waals surface area contributed by atoms with Gasteiger partial charge in [-0.2, -0.15) is 0 Å². The molecule has 0 unspecified atom stereocenters. The van der Waals surface area contributed by atoms with Crippen molar-refractivity contribution >= 4 is 60.2 Å². The second-order valence-corrected chi connectivity index (χ2v) is 16.9. The minimum atomic E-state index is 1.09. The van der Waals surface area contributed by atoms with E-state index in [0.29, 0.717) is 0 Å². The molecule has 0 spiro atoms. The second-order valence-electron chi connectivity index (χ2n) is 16.9. The van der Waals surface area contributed by atoms with E-state index in [2.05, 4.69) is 266 Å². The number of fused-ring (bicyclic) bond motifs is 5. The average Bonchev–Trinajstić information content (AvgIpc) is 3.39. The maximum absolute atomic E-state index is 2.37. The van der Waals surface area contributed by atoms with E-state index in [1.165, 1.54) is 98.7 Å². The lowest BCUT2D eigenvalue weighted by molar-refractivity contribution is 1.28. The highest BCUT2D eigenvalue weighted by molar-refractivity contribution is 6.14. The first-order chi connectivity index (χ1) is 32.2. The van der Waals surface area contributed by atoms with Crippen LogP contribution in [0, 0.1) is 0 Å². The van der Waals surface area contributed by atoms with Gasteiger partial charge >= 0.3 is 0 Å². The third-order valence-corrected chi connectivity index (χ3v) is 13.1. The molecule has 0 aliphatic rings. The fourth-order valence-electron chi connectivity index (χ4n) is 9.78. The highest BCUT2D eigenvalue weighted by atomic mass is 15.1. The van der Waals surface area contributed by atoms with Crippen LogP contribution in [0.3, 0.4) is 0 Å². The van der Waals surface area contributed by atoms with E-state index in [0.717, 1.165) is 17.1 Å². The number of anilines is 3. The summed E-state index contributed by atoms with van der Waals surface area (Å²) >= 11 is 0. The second kappa shape index (κ2) is 16.3. The third kappa shape index (κ3) is 7.10. The smallest absolute Gasteiger partial charge is 0.0462 e. The maximum atomic E-state index is 2.37. The summed E-state index contributed by atoms with van der Waals surface area (Å²) < 4.78 is 0. The Balaban J connectivity index is 0.925. The van der Waals surface area contributed by atoms with E-state index in [1.54, 1.807) is 0 Å². The largest absolute Gasteiger partial charge is 0.311 e. The van der Waals surface area contributed by atoms with Crippen LogP contribution in [0.4, 0.5) is 17.1 Å². The summed E-state index contributed by atoms with van der Waals surface area (Å²) in [5.41, 5.74) is 15.4. The zero-order valence-electron chi connectivity index (χ0n) is 35.8. The van der Waals surface area contributed by atoms with E-state index in [9.17, 15) is 0 Å². The van der Waals surface area contributed by atoms with Crippen LogP contribution in [0.15, 0.2) is 261 Å². The van der Waals surface area contributed by atoms with Crippen molar-refractivity contribution in [2.75, 3.05) is 4.90 Å². The minimum Gasteiger partial charge on any atom is -0.311 e. The lowest BCUT2D eigenvalue weighted by Crippen LogP contribution is -2.09. The summed E-state index contributed by atoms with van der Waals surface area (Å²) in [4.78, 5) is 2.37. The first kappa shape index (κ1) is 38.2. The monoisotopic (exact) mass is 825 g/mol. The molecule has 12 aromatic rings. The molecule has 65 heavy (non-hydrogen) atoms. The van der Waals surface area contributed by atoms with Gasteiger partial charge in [0.15, 0.2) is 0 Å². The normalized spacial score (nSPS) is 11.4. The van der Waals surface area contributed by atoms with Crippen molar-refractivity contribution in [1.82, 2.24) is 0 Å². The molecule has 0 bridgehead atoms. The molecule has 0 N–H and O–H groups in total. The molecule has 0 saturated heterocycles. The van der Waals surface area contributed by atoms with Crippen molar-refractivity contribution in [1.29, 1.82) is 0 Å². The van der Waals surface area contributed by atoms with Gasteiger partial charge in [-0.1, -0.05) is 212 Å². The number of hydrogen-bond acceptors (Lipinski definition) is 1. The first-order valence-corrected chi connectivity index (χ1v) is 22.4. The van der Waals surface area contributed by atoms with Crippen LogP contribution in [0.1, 0.15) is 0 Å². The Morgan fingerprint density at radius 3 is 1.28 bits per heavy atom. The Morgan fingerprint density at radius 1 is 0.200 bits per heavy atom. The van der Waals surface area contributed by atoms with Gasteiger partial charge in [0, 0.05) is 17.1 Å². The highest BCUT2D eigenvalue weighted by Crippen LogP contribution is 2.42. The number of hydrogen-bond donors (Lipinski definition) is 0. The van der Waals surface area contributed by atoms with Crippen molar-refractivity contribution < 1.29 is 0 Å². The third-order valence-electron chi connectivity index (χ3n) is 13.1. The van der Waals surface area contributed by atoms with Gasteiger partial charge in [-0.25, -0.2) is 0 Å². The van der Waals surface area contributed by atoms with Gasteiger partial charge in [0.2, 0.25) is 0 Å². The van der Waals surface area contributed by atoms with E-state index < -0.39 is 0 Å². The van der Waals surface area contributed by atoms with Gasteiger partial charge in [-0.05, 0) is 147 Å². The molecule has 0 aromatic heterocycles. The van der Waals surface area contributed by atoms with Crippen LogP contribution in [-0.2, 0) is 0 Å². The molecular weight excluding hydrogens is 783 g/mol. The average molecular weight is 826 g/mol. The Kier molecular flexibility index (Phi) is 9.58. The summed E-state index contributed by atoms with van der Waals surface area (Å²) in [5.74, 6) is 0. The van der Waals surface area contributed by atoms with Crippen LogP contribution < -0.4 is 4.90 Å². The number of rotatable bonds is 8. The summed E-state index contributed by atoms with van der Waals surface area (Å²) in [6.07, 6.45) is 0. The van der Waals surface area contributed by atoms with E-state index in [1.807, 2.05) is 0 Å². The van der Waals surface area contributed by atoms with Gasteiger partial charge in [-0.3, -0.25) is 0 Å². The fraction of sp³-hybridized carbons (Fsp3) is 0. The number of nitrogens with zero attached hydrogens (tertiary/aromatic N) is 1. The van der Waals surface area contributed by atoms with Crippen molar-refractivity contribution in [3.8, 4) is 55.6 Å². The zero-order valence-corrected chi connectivity index (χ0v) is 35.8. The van der Waals surface area contributed by atoms with Crippen LogP contribution >= 0.6 is 0 Å². The summed E-state index contributed by atoms with van der Waals surface area (Å²) in [5, 5.41) is 10.1. The van der Waals surface area contributed by atoms with Crippen molar-refractivity contribution in [3.63, 3.8) is 0 Å². The summed E-state index contributed by atoms with van der Waals surface area (Å²) in [7, 11) is 0. The molecule has 1 nitrogen and oxygen atoms in total. The molecule has 0 aliphatic heterocycles. The molecule has 304 valence electrons. The zero-order chi connectivity index (χ0) is 43.1.